The minimum Gasteiger partial charge on any atom is -0.488 e. The van der Waals surface area contributed by atoms with Crippen molar-refractivity contribution in [1.29, 1.82) is 0 Å². The molecule has 14 nitrogen and oxygen atoms in total. The molecular weight excluding hydrogens is 812 g/mol. The van der Waals surface area contributed by atoms with Gasteiger partial charge in [-0.2, -0.15) is 0 Å². The minimum atomic E-state index is -1.06. The summed E-state index contributed by atoms with van der Waals surface area (Å²) in [5, 5.41) is 22.5. The van der Waals surface area contributed by atoms with E-state index in [2.05, 4.69) is 21.3 Å². The van der Waals surface area contributed by atoms with E-state index in [0.717, 1.165) is 44.2 Å². The number of rotatable bonds is 16. The van der Waals surface area contributed by atoms with Crippen LogP contribution in [0.15, 0.2) is 103 Å². The highest BCUT2D eigenvalue weighted by Crippen LogP contribution is 2.46. The van der Waals surface area contributed by atoms with Gasteiger partial charge in [-0.05, 0) is 69.7 Å². The summed E-state index contributed by atoms with van der Waals surface area (Å²) in [7, 11) is 0. The predicted molar refractivity (Wildman–Crippen MR) is 238 cm³/mol. The first kappa shape index (κ1) is 43.3. The van der Waals surface area contributed by atoms with Crippen molar-refractivity contribution in [2.45, 2.75) is 57.2 Å². The van der Waals surface area contributed by atoms with Crippen LogP contribution in [0.3, 0.4) is 0 Å². The van der Waals surface area contributed by atoms with E-state index in [4.69, 9.17) is 26.8 Å². The highest BCUT2D eigenvalue weighted by molar-refractivity contribution is 6.19. The molecular formula is C47H49ClN6O8. The smallest absolute Gasteiger partial charge is 0.411 e. The van der Waals surface area contributed by atoms with Crippen LogP contribution in [0, 0.1) is 5.92 Å². The number of ether oxygens (including phenoxy) is 2. The van der Waals surface area contributed by atoms with Crippen molar-refractivity contribution in [3.05, 3.63) is 125 Å². The Labute approximate surface area is 364 Å². The van der Waals surface area contributed by atoms with Gasteiger partial charge >= 0.3 is 18.2 Å². The molecule has 0 saturated heterocycles. The molecule has 0 bridgehead atoms. The zero-order valence-corrected chi connectivity index (χ0v) is 35.1. The zero-order chi connectivity index (χ0) is 43.9. The maximum absolute atomic E-state index is 13.8. The molecule has 0 radical (unpaired) electrons. The van der Waals surface area contributed by atoms with Gasteiger partial charge in [0.15, 0.2) is 0 Å². The number of nitrogens with zero attached hydrogens (tertiary/aromatic N) is 1. The molecule has 0 spiro atoms. The van der Waals surface area contributed by atoms with Crippen LogP contribution in [0.2, 0.25) is 0 Å². The summed E-state index contributed by atoms with van der Waals surface area (Å²) in [5.41, 5.74) is 12.2. The minimum absolute atomic E-state index is 0.0704. The summed E-state index contributed by atoms with van der Waals surface area (Å²) >= 11 is 6.27. The number of nitrogens with one attached hydrogen (secondary N) is 4. The number of primary amides is 1. The third-order valence-corrected chi connectivity index (χ3v) is 11.7. The molecule has 7 rings (SSSR count). The van der Waals surface area contributed by atoms with E-state index in [9.17, 15) is 29.1 Å². The van der Waals surface area contributed by atoms with Gasteiger partial charge in [0.1, 0.15) is 31.0 Å². The number of alkyl carbamates (subject to hydrolysis) is 1. The van der Waals surface area contributed by atoms with Crippen LogP contribution in [0.1, 0.15) is 60.8 Å². The van der Waals surface area contributed by atoms with Gasteiger partial charge in [0, 0.05) is 47.9 Å². The molecule has 0 fully saturated rings. The molecule has 0 aromatic heterocycles. The summed E-state index contributed by atoms with van der Waals surface area (Å²) in [6, 6.07) is 29.6. The molecule has 0 saturated carbocycles. The third kappa shape index (κ3) is 9.55. The molecule has 3 atom stereocenters. The van der Waals surface area contributed by atoms with Gasteiger partial charge < -0.3 is 41.6 Å². The monoisotopic (exact) mass is 860 g/mol. The van der Waals surface area contributed by atoms with Crippen molar-refractivity contribution >= 4 is 63.8 Å². The van der Waals surface area contributed by atoms with Gasteiger partial charge in [-0.15, -0.1) is 11.6 Å². The van der Waals surface area contributed by atoms with Crippen LogP contribution in [-0.4, -0.2) is 72.8 Å². The van der Waals surface area contributed by atoms with Crippen LogP contribution >= 0.6 is 11.6 Å². The predicted octanol–water partition coefficient (Wildman–Crippen LogP) is 7.67. The molecule has 5 aromatic carbocycles. The van der Waals surface area contributed by atoms with Crippen molar-refractivity contribution in [2.75, 3.05) is 35.8 Å². The number of urea groups is 1. The Morgan fingerprint density at radius 2 is 1.50 bits per heavy atom. The fourth-order valence-corrected chi connectivity index (χ4v) is 8.52. The van der Waals surface area contributed by atoms with Crippen LogP contribution in [0.4, 0.5) is 25.8 Å². The van der Waals surface area contributed by atoms with Crippen molar-refractivity contribution in [3.8, 4) is 16.9 Å². The number of anilines is 2. The number of benzene rings is 5. The van der Waals surface area contributed by atoms with E-state index in [1.54, 1.807) is 44.2 Å². The fourth-order valence-electron chi connectivity index (χ4n) is 8.26. The summed E-state index contributed by atoms with van der Waals surface area (Å²) in [4.78, 5) is 65.5. The number of carboxylic acid groups (broad SMARTS) is 1. The first-order valence-corrected chi connectivity index (χ1v) is 21.1. The van der Waals surface area contributed by atoms with Crippen molar-refractivity contribution in [3.63, 3.8) is 0 Å². The molecule has 1 aliphatic heterocycles. The van der Waals surface area contributed by atoms with Crippen LogP contribution in [0.25, 0.3) is 21.9 Å². The Balaban J connectivity index is 0.988. The highest BCUT2D eigenvalue weighted by atomic mass is 35.5. The summed E-state index contributed by atoms with van der Waals surface area (Å²) in [5.74, 6) is -0.950. The summed E-state index contributed by atoms with van der Waals surface area (Å²) < 4.78 is 12.0. The lowest BCUT2D eigenvalue weighted by molar-refractivity contribution is -0.128. The summed E-state index contributed by atoms with van der Waals surface area (Å²) in [6.07, 6.45) is -1.35. The topological polar surface area (TPSA) is 201 Å². The van der Waals surface area contributed by atoms with E-state index in [1.165, 1.54) is 4.90 Å². The number of carbonyl (C=O) groups is 5. The van der Waals surface area contributed by atoms with Crippen molar-refractivity contribution in [1.82, 2.24) is 16.0 Å². The second kappa shape index (κ2) is 19.3. The maximum Gasteiger partial charge on any atom is 0.411 e. The molecule has 1 aliphatic carbocycles. The standard InChI is InChI=1S/C47H49ClN6O8/c1-27(2)42(53-46(58)62-26-37-33-12-5-3-10-31(33)32-11-4-6-13-34(32)37)44(56)52-38(16-9-21-50-45(49)57)43(55)51-30-19-17-28(18-20-30)25-61-40-22-39-41(36-15-8-7-14-35(36)40)29(23-48)24-54(39)47(59)60/h3-8,10-15,17-20,22,27,29,37-38,42H,9,16,21,23-26H2,1-2H3,(H,51,55)(H,52,56)(H,53,58)(H,59,60)(H3,49,50,57)/t29-,38?,42?/m1/s1. The maximum atomic E-state index is 13.8. The Morgan fingerprint density at radius 1 is 0.855 bits per heavy atom. The number of fused-ring (bicyclic) bond motifs is 6. The molecule has 2 unspecified atom stereocenters. The lowest BCUT2D eigenvalue weighted by atomic mass is 9.95. The van der Waals surface area contributed by atoms with Gasteiger partial charge in [0.25, 0.3) is 0 Å². The van der Waals surface area contributed by atoms with Gasteiger partial charge in [-0.1, -0.05) is 98.8 Å². The number of hydrogen-bond acceptors (Lipinski definition) is 7. The van der Waals surface area contributed by atoms with Gasteiger partial charge in [0.05, 0.1) is 5.69 Å². The number of hydrogen-bond donors (Lipinski definition) is 6. The SMILES string of the molecule is CC(C)C(NC(=O)OCC1c2ccccc2-c2ccccc21)C(=O)NC(CCCNC(N)=O)C(=O)Nc1ccc(COc2cc3c(c4ccccc24)[C@H](CCl)CN3C(=O)O)cc1. The quantitative estimate of drug-likeness (QED) is 0.0429. The molecule has 6 amide bonds. The van der Waals surface area contributed by atoms with Gasteiger partial charge in [-0.3, -0.25) is 14.5 Å². The lowest BCUT2D eigenvalue weighted by Crippen LogP contribution is -2.54. The third-order valence-electron chi connectivity index (χ3n) is 11.3. The average molecular weight is 861 g/mol. The fraction of sp³-hybridized carbons (Fsp3) is 0.298. The van der Waals surface area contributed by atoms with E-state index in [1.807, 2.05) is 72.8 Å². The Kier molecular flexibility index (Phi) is 13.5. The van der Waals surface area contributed by atoms with Crippen molar-refractivity contribution < 1.29 is 38.6 Å². The molecule has 15 heteroatoms. The first-order chi connectivity index (χ1) is 29.9. The Morgan fingerprint density at radius 3 is 2.13 bits per heavy atom. The number of carbonyl (C=O) groups excluding carboxylic acids is 4. The van der Waals surface area contributed by atoms with Crippen LogP contribution < -0.4 is 36.6 Å². The van der Waals surface area contributed by atoms with E-state index in [0.29, 0.717) is 23.5 Å². The number of nitrogens with two attached hydrogens (primary N) is 1. The van der Waals surface area contributed by atoms with Gasteiger partial charge in [-0.25, -0.2) is 14.4 Å². The van der Waals surface area contributed by atoms with Crippen LogP contribution in [0.5, 0.6) is 5.75 Å². The van der Waals surface area contributed by atoms with Crippen LogP contribution in [-0.2, 0) is 20.9 Å². The zero-order valence-electron chi connectivity index (χ0n) is 34.4. The molecule has 2 aliphatic rings. The first-order valence-electron chi connectivity index (χ1n) is 20.5. The number of amides is 6. The number of alkyl halides is 1. The molecule has 1 heterocycles. The van der Waals surface area contributed by atoms with Crippen molar-refractivity contribution in [2.24, 2.45) is 11.7 Å². The normalized spacial score (nSPS) is 14.9. The molecule has 322 valence electrons. The summed E-state index contributed by atoms with van der Waals surface area (Å²) in [6.45, 7) is 4.22. The lowest BCUT2D eigenvalue weighted by Gasteiger charge is -2.25. The van der Waals surface area contributed by atoms with E-state index in [-0.39, 0.29) is 56.4 Å². The second-order valence-electron chi connectivity index (χ2n) is 15.8. The molecule has 5 aromatic rings. The van der Waals surface area contributed by atoms with E-state index < -0.39 is 42.1 Å². The second-order valence-corrected chi connectivity index (χ2v) is 16.1. The highest BCUT2D eigenvalue weighted by Gasteiger charge is 2.35. The molecule has 7 N–H and O–H groups in total. The largest absolute Gasteiger partial charge is 0.488 e. The Hall–Kier alpha value is -6.80. The van der Waals surface area contributed by atoms with Gasteiger partial charge in [0.2, 0.25) is 11.8 Å². The molecule has 62 heavy (non-hydrogen) atoms. The number of halogens is 1. The van der Waals surface area contributed by atoms with E-state index >= 15 is 0 Å². The average Bonchev–Trinajstić information content (AvgIpc) is 3.81. The Bertz CT molecular complexity index is 2430.